The molecule has 20 heavy (non-hydrogen) atoms. The van der Waals surface area contributed by atoms with Crippen molar-refractivity contribution in [1.29, 1.82) is 0 Å². The van der Waals surface area contributed by atoms with Gasteiger partial charge in [-0.05, 0) is 44.5 Å². The molecule has 3 nitrogen and oxygen atoms in total. The van der Waals surface area contributed by atoms with Gasteiger partial charge in [-0.25, -0.2) is 8.78 Å². The third-order valence-electron chi connectivity index (χ3n) is 3.89. The summed E-state index contributed by atoms with van der Waals surface area (Å²) in [5, 5.41) is 3.25. The standard InChI is InChI=1S/C15H20F2N2O/c1-3-19(15(20)12-6-7-18-10(12)2)9-11-4-5-13(16)14(17)8-11/h4-5,8,10,12,18H,3,6-7,9H2,1-2H3. The largest absolute Gasteiger partial charge is 0.338 e. The number of halogens is 2. The molecule has 110 valence electrons. The maximum absolute atomic E-state index is 13.2. The maximum atomic E-state index is 13.2. The summed E-state index contributed by atoms with van der Waals surface area (Å²) >= 11 is 0. The van der Waals surface area contributed by atoms with Crippen molar-refractivity contribution < 1.29 is 13.6 Å². The van der Waals surface area contributed by atoms with E-state index in [4.69, 9.17) is 0 Å². The zero-order chi connectivity index (χ0) is 14.7. The number of carbonyl (C=O) groups is 1. The summed E-state index contributed by atoms with van der Waals surface area (Å²) in [5.41, 5.74) is 0.609. The van der Waals surface area contributed by atoms with Gasteiger partial charge in [-0.3, -0.25) is 4.79 Å². The molecule has 1 saturated heterocycles. The number of amides is 1. The molecule has 1 amide bonds. The zero-order valence-corrected chi connectivity index (χ0v) is 11.8. The van der Waals surface area contributed by atoms with Crippen LogP contribution in [0.3, 0.4) is 0 Å². The summed E-state index contributed by atoms with van der Waals surface area (Å²) in [5.74, 6) is -1.69. The molecule has 1 aromatic carbocycles. The molecule has 1 heterocycles. The summed E-state index contributed by atoms with van der Waals surface area (Å²) in [6.07, 6.45) is 0.828. The molecular weight excluding hydrogens is 262 g/mol. The van der Waals surface area contributed by atoms with Gasteiger partial charge in [0.05, 0.1) is 5.92 Å². The number of benzene rings is 1. The van der Waals surface area contributed by atoms with Crippen molar-refractivity contribution in [1.82, 2.24) is 10.2 Å². The number of nitrogens with one attached hydrogen (secondary N) is 1. The van der Waals surface area contributed by atoms with E-state index in [2.05, 4.69) is 5.32 Å². The van der Waals surface area contributed by atoms with E-state index in [0.717, 1.165) is 25.1 Å². The van der Waals surface area contributed by atoms with Crippen LogP contribution in [0.15, 0.2) is 18.2 Å². The number of hydrogen-bond acceptors (Lipinski definition) is 2. The molecule has 2 rings (SSSR count). The normalized spacial score (nSPS) is 22.0. The molecule has 1 aromatic rings. The second-order valence-corrected chi connectivity index (χ2v) is 5.24. The van der Waals surface area contributed by atoms with E-state index in [0.29, 0.717) is 18.7 Å². The first-order valence-corrected chi connectivity index (χ1v) is 6.99. The summed E-state index contributed by atoms with van der Waals surface area (Å²) in [6, 6.07) is 3.94. The molecule has 0 aromatic heterocycles. The van der Waals surface area contributed by atoms with E-state index in [1.54, 1.807) is 4.90 Å². The van der Waals surface area contributed by atoms with Crippen LogP contribution in [0.25, 0.3) is 0 Å². The molecule has 0 bridgehead atoms. The Kier molecular flexibility index (Phi) is 4.70. The van der Waals surface area contributed by atoms with E-state index in [1.165, 1.54) is 6.07 Å². The maximum Gasteiger partial charge on any atom is 0.227 e. The predicted molar refractivity (Wildman–Crippen MR) is 73.0 cm³/mol. The number of carbonyl (C=O) groups excluding carboxylic acids is 1. The average Bonchev–Trinajstić information content (AvgIpc) is 2.85. The minimum absolute atomic E-state index is 0.0276. The fraction of sp³-hybridized carbons (Fsp3) is 0.533. The Hall–Kier alpha value is -1.49. The van der Waals surface area contributed by atoms with Gasteiger partial charge in [0.25, 0.3) is 0 Å². The third-order valence-corrected chi connectivity index (χ3v) is 3.89. The second-order valence-electron chi connectivity index (χ2n) is 5.24. The van der Waals surface area contributed by atoms with Crippen molar-refractivity contribution in [3.63, 3.8) is 0 Å². The Morgan fingerprint density at radius 1 is 1.40 bits per heavy atom. The van der Waals surface area contributed by atoms with Crippen LogP contribution in [0.4, 0.5) is 8.78 Å². The van der Waals surface area contributed by atoms with E-state index < -0.39 is 11.6 Å². The molecule has 0 aliphatic carbocycles. The van der Waals surface area contributed by atoms with Crippen LogP contribution in [-0.2, 0) is 11.3 Å². The Labute approximate surface area is 118 Å². The molecular formula is C15H20F2N2O. The summed E-state index contributed by atoms with van der Waals surface area (Å²) in [4.78, 5) is 14.2. The fourth-order valence-electron chi connectivity index (χ4n) is 2.63. The van der Waals surface area contributed by atoms with Gasteiger partial charge in [0.2, 0.25) is 5.91 Å². The smallest absolute Gasteiger partial charge is 0.227 e. The minimum Gasteiger partial charge on any atom is -0.338 e. The number of hydrogen-bond donors (Lipinski definition) is 1. The van der Waals surface area contributed by atoms with Gasteiger partial charge in [0, 0.05) is 19.1 Å². The number of rotatable bonds is 4. The van der Waals surface area contributed by atoms with E-state index >= 15 is 0 Å². The van der Waals surface area contributed by atoms with Crippen molar-refractivity contribution in [2.45, 2.75) is 32.9 Å². The summed E-state index contributed by atoms with van der Waals surface area (Å²) in [6.45, 7) is 5.61. The van der Waals surface area contributed by atoms with Gasteiger partial charge in [0.1, 0.15) is 0 Å². The minimum atomic E-state index is -0.873. The lowest BCUT2D eigenvalue weighted by Gasteiger charge is -2.26. The Balaban J connectivity index is 2.08. The lowest BCUT2D eigenvalue weighted by molar-refractivity contribution is -0.136. The lowest BCUT2D eigenvalue weighted by Crippen LogP contribution is -2.39. The first kappa shape index (κ1) is 14.9. The molecule has 1 N–H and O–H groups in total. The molecule has 0 radical (unpaired) electrons. The predicted octanol–water partition coefficient (Wildman–Crippen LogP) is 2.31. The van der Waals surface area contributed by atoms with Crippen LogP contribution in [-0.4, -0.2) is 29.9 Å². The third kappa shape index (κ3) is 3.15. The molecule has 0 spiro atoms. The van der Waals surface area contributed by atoms with Gasteiger partial charge in [0.15, 0.2) is 11.6 Å². The van der Waals surface area contributed by atoms with E-state index in [1.807, 2.05) is 13.8 Å². The second kappa shape index (κ2) is 6.31. The van der Waals surface area contributed by atoms with E-state index in [-0.39, 0.29) is 17.9 Å². The highest BCUT2D eigenvalue weighted by Gasteiger charge is 2.32. The first-order chi connectivity index (χ1) is 9.52. The molecule has 1 aliphatic rings. The first-order valence-electron chi connectivity index (χ1n) is 6.99. The molecule has 5 heteroatoms. The van der Waals surface area contributed by atoms with Crippen molar-refractivity contribution in [2.24, 2.45) is 5.92 Å². The van der Waals surface area contributed by atoms with Crippen LogP contribution in [0.1, 0.15) is 25.8 Å². The Morgan fingerprint density at radius 2 is 2.15 bits per heavy atom. The topological polar surface area (TPSA) is 32.3 Å². The van der Waals surface area contributed by atoms with Crippen molar-refractivity contribution >= 4 is 5.91 Å². The quantitative estimate of drug-likeness (QED) is 0.919. The molecule has 1 aliphatic heterocycles. The van der Waals surface area contributed by atoms with Crippen LogP contribution in [0, 0.1) is 17.6 Å². The monoisotopic (exact) mass is 282 g/mol. The zero-order valence-electron chi connectivity index (χ0n) is 11.8. The molecule has 1 fully saturated rings. The van der Waals surface area contributed by atoms with Gasteiger partial charge in [-0.2, -0.15) is 0 Å². The molecule has 2 unspecified atom stereocenters. The van der Waals surface area contributed by atoms with Gasteiger partial charge in [-0.15, -0.1) is 0 Å². The van der Waals surface area contributed by atoms with Crippen LogP contribution < -0.4 is 5.32 Å². The van der Waals surface area contributed by atoms with Crippen molar-refractivity contribution in [2.75, 3.05) is 13.1 Å². The summed E-state index contributed by atoms with van der Waals surface area (Å²) < 4.78 is 26.1. The SMILES string of the molecule is CCN(Cc1ccc(F)c(F)c1)C(=O)C1CCNC1C. The highest BCUT2D eigenvalue weighted by atomic mass is 19.2. The van der Waals surface area contributed by atoms with Crippen LogP contribution in [0.2, 0.25) is 0 Å². The average molecular weight is 282 g/mol. The Morgan fingerprint density at radius 3 is 2.70 bits per heavy atom. The van der Waals surface area contributed by atoms with Gasteiger partial charge in [-0.1, -0.05) is 6.07 Å². The van der Waals surface area contributed by atoms with Crippen LogP contribution >= 0.6 is 0 Å². The molecule has 2 atom stereocenters. The van der Waals surface area contributed by atoms with E-state index in [9.17, 15) is 13.6 Å². The summed E-state index contributed by atoms with van der Waals surface area (Å²) in [7, 11) is 0. The lowest BCUT2D eigenvalue weighted by atomic mass is 10.00. The van der Waals surface area contributed by atoms with Crippen molar-refractivity contribution in [3.8, 4) is 0 Å². The van der Waals surface area contributed by atoms with Gasteiger partial charge < -0.3 is 10.2 Å². The highest BCUT2D eigenvalue weighted by Crippen LogP contribution is 2.20. The van der Waals surface area contributed by atoms with Gasteiger partial charge >= 0.3 is 0 Å². The van der Waals surface area contributed by atoms with Crippen molar-refractivity contribution in [3.05, 3.63) is 35.4 Å². The number of nitrogens with zero attached hydrogens (tertiary/aromatic N) is 1. The highest BCUT2D eigenvalue weighted by molar-refractivity contribution is 5.79. The van der Waals surface area contributed by atoms with Crippen LogP contribution in [0.5, 0.6) is 0 Å². The molecule has 0 saturated carbocycles. The fourth-order valence-corrected chi connectivity index (χ4v) is 2.63. The Bertz CT molecular complexity index is 493.